The highest BCUT2D eigenvalue weighted by atomic mass is 16.5. The summed E-state index contributed by atoms with van der Waals surface area (Å²) in [6.45, 7) is 3.93. The Kier molecular flexibility index (Phi) is 6.30. The number of para-hydroxylation sites is 1. The molecule has 4 nitrogen and oxygen atoms in total. The van der Waals surface area contributed by atoms with E-state index in [1.54, 1.807) is 13.0 Å². The lowest BCUT2D eigenvalue weighted by atomic mass is 10.2. The Bertz CT molecular complexity index is 585. The summed E-state index contributed by atoms with van der Waals surface area (Å²) in [4.78, 5) is 11.7. The Morgan fingerprint density at radius 2 is 1.64 bits per heavy atom. The molecule has 0 fully saturated rings. The van der Waals surface area contributed by atoms with Gasteiger partial charge in [0.25, 0.3) is 0 Å². The van der Waals surface area contributed by atoms with Crippen LogP contribution >= 0.6 is 0 Å². The first-order valence-corrected chi connectivity index (χ1v) is 7.59. The Morgan fingerprint density at radius 1 is 0.955 bits per heavy atom. The first kappa shape index (κ1) is 15.9. The number of hydrogen-bond acceptors (Lipinski definition) is 4. The van der Waals surface area contributed by atoms with Gasteiger partial charge >= 0.3 is 5.97 Å². The van der Waals surface area contributed by atoms with Crippen LogP contribution < -0.4 is 10.6 Å². The van der Waals surface area contributed by atoms with Gasteiger partial charge in [0.2, 0.25) is 0 Å². The maximum Gasteiger partial charge on any atom is 0.338 e. The van der Waals surface area contributed by atoms with E-state index in [1.165, 1.54) is 0 Å². The van der Waals surface area contributed by atoms with Crippen molar-refractivity contribution in [1.29, 1.82) is 0 Å². The van der Waals surface area contributed by atoms with Crippen LogP contribution in [0.25, 0.3) is 0 Å². The minimum absolute atomic E-state index is 0.281. The molecule has 2 aromatic rings. The fourth-order valence-corrected chi connectivity index (χ4v) is 2.08. The molecule has 22 heavy (non-hydrogen) atoms. The molecule has 0 amide bonds. The van der Waals surface area contributed by atoms with Crippen molar-refractivity contribution in [2.45, 2.75) is 13.3 Å². The van der Waals surface area contributed by atoms with Gasteiger partial charge in [-0.1, -0.05) is 24.3 Å². The summed E-state index contributed by atoms with van der Waals surface area (Å²) in [6.07, 6.45) is 0.985. The molecule has 0 aromatic heterocycles. The van der Waals surface area contributed by atoms with Crippen molar-refractivity contribution in [2.24, 2.45) is 0 Å². The number of carbonyl (C=O) groups excluding carboxylic acids is 1. The number of esters is 1. The minimum atomic E-state index is -0.281. The van der Waals surface area contributed by atoms with E-state index in [9.17, 15) is 4.79 Å². The Labute approximate surface area is 131 Å². The second-order valence-electron chi connectivity index (χ2n) is 4.87. The van der Waals surface area contributed by atoms with Gasteiger partial charge in [0.15, 0.2) is 0 Å². The van der Waals surface area contributed by atoms with Gasteiger partial charge in [-0.05, 0) is 43.7 Å². The van der Waals surface area contributed by atoms with Crippen LogP contribution in [0, 0.1) is 0 Å². The largest absolute Gasteiger partial charge is 0.462 e. The summed E-state index contributed by atoms with van der Waals surface area (Å²) in [5, 5.41) is 6.68. The van der Waals surface area contributed by atoms with Crippen molar-refractivity contribution in [1.82, 2.24) is 0 Å². The monoisotopic (exact) mass is 298 g/mol. The number of rotatable bonds is 8. The Hall–Kier alpha value is -2.49. The molecule has 4 heteroatoms. The maximum absolute atomic E-state index is 11.7. The minimum Gasteiger partial charge on any atom is -0.462 e. The van der Waals surface area contributed by atoms with Crippen molar-refractivity contribution in [3.8, 4) is 0 Å². The van der Waals surface area contributed by atoms with Crippen LogP contribution in [0.4, 0.5) is 11.4 Å². The molecule has 116 valence electrons. The van der Waals surface area contributed by atoms with Crippen molar-refractivity contribution >= 4 is 17.3 Å². The highest BCUT2D eigenvalue weighted by Gasteiger charge is 2.06. The van der Waals surface area contributed by atoms with E-state index in [2.05, 4.69) is 22.8 Å². The van der Waals surface area contributed by atoms with E-state index in [0.29, 0.717) is 12.2 Å². The molecule has 0 aliphatic carbocycles. The summed E-state index contributed by atoms with van der Waals surface area (Å²) in [5.74, 6) is -0.281. The Balaban J connectivity index is 1.73. The first-order valence-electron chi connectivity index (χ1n) is 7.59. The standard InChI is InChI=1S/C18H22N2O2/c1-2-22-18(21)15-8-6-11-17(14-15)20-13-7-12-19-16-9-4-3-5-10-16/h3-6,8-11,14,19-20H,2,7,12-13H2,1H3. The molecule has 2 N–H and O–H groups in total. The van der Waals surface area contributed by atoms with Gasteiger partial charge in [0.1, 0.15) is 0 Å². The van der Waals surface area contributed by atoms with Gasteiger partial charge in [-0.15, -0.1) is 0 Å². The summed E-state index contributed by atoms with van der Waals surface area (Å²) in [5.41, 5.74) is 2.64. The van der Waals surface area contributed by atoms with Gasteiger partial charge < -0.3 is 15.4 Å². The summed E-state index contributed by atoms with van der Waals surface area (Å²) >= 11 is 0. The zero-order chi connectivity index (χ0) is 15.6. The van der Waals surface area contributed by atoms with Gasteiger partial charge in [0.05, 0.1) is 12.2 Å². The number of hydrogen-bond donors (Lipinski definition) is 2. The fourth-order valence-electron chi connectivity index (χ4n) is 2.08. The summed E-state index contributed by atoms with van der Waals surface area (Å²) in [6, 6.07) is 17.5. The van der Waals surface area contributed by atoms with Crippen LogP contribution in [0.1, 0.15) is 23.7 Å². The second-order valence-corrected chi connectivity index (χ2v) is 4.87. The molecule has 0 aliphatic rings. The van der Waals surface area contributed by atoms with Crippen LogP contribution in [0.5, 0.6) is 0 Å². The lowest BCUT2D eigenvalue weighted by Crippen LogP contribution is -2.10. The molecule has 0 heterocycles. The van der Waals surface area contributed by atoms with Crippen molar-refractivity contribution < 1.29 is 9.53 Å². The summed E-state index contributed by atoms with van der Waals surface area (Å²) < 4.78 is 5.00. The van der Waals surface area contributed by atoms with Crippen LogP contribution in [-0.4, -0.2) is 25.7 Å². The van der Waals surface area contributed by atoms with Gasteiger partial charge in [-0.25, -0.2) is 4.79 Å². The lowest BCUT2D eigenvalue weighted by Gasteiger charge is -2.09. The second kappa shape index (κ2) is 8.72. The number of nitrogens with one attached hydrogen (secondary N) is 2. The molecule has 0 bridgehead atoms. The third-order valence-corrected chi connectivity index (χ3v) is 3.16. The molecule has 0 saturated heterocycles. The van der Waals surface area contributed by atoms with Crippen LogP contribution in [0.3, 0.4) is 0 Å². The number of carbonyl (C=O) groups is 1. The molecule has 0 atom stereocenters. The van der Waals surface area contributed by atoms with Gasteiger partial charge in [-0.3, -0.25) is 0 Å². The van der Waals surface area contributed by atoms with E-state index >= 15 is 0 Å². The van der Waals surface area contributed by atoms with E-state index < -0.39 is 0 Å². The highest BCUT2D eigenvalue weighted by molar-refractivity contribution is 5.90. The number of anilines is 2. The molecule has 0 unspecified atom stereocenters. The number of ether oxygens (including phenoxy) is 1. The van der Waals surface area contributed by atoms with Gasteiger partial charge in [0, 0.05) is 24.5 Å². The van der Waals surface area contributed by atoms with E-state index in [0.717, 1.165) is 30.9 Å². The highest BCUT2D eigenvalue weighted by Crippen LogP contribution is 2.12. The smallest absolute Gasteiger partial charge is 0.338 e. The van der Waals surface area contributed by atoms with E-state index in [4.69, 9.17) is 4.74 Å². The number of benzene rings is 2. The van der Waals surface area contributed by atoms with E-state index in [1.807, 2.05) is 36.4 Å². The normalized spacial score (nSPS) is 10.0. The van der Waals surface area contributed by atoms with Crippen molar-refractivity contribution in [2.75, 3.05) is 30.3 Å². The van der Waals surface area contributed by atoms with Crippen LogP contribution in [-0.2, 0) is 4.74 Å². The predicted octanol–water partition coefficient (Wildman–Crippen LogP) is 3.78. The topological polar surface area (TPSA) is 50.4 Å². The van der Waals surface area contributed by atoms with Crippen LogP contribution in [0.2, 0.25) is 0 Å². The molecule has 2 aromatic carbocycles. The SMILES string of the molecule is CCOC(=O)c1cccc(NCCCNc2ccccc2)c1. The van der Waals surface area contributed by atoms with Crippen molar-refractivity contribution in [3.05, 3.63) is 60.2 Å². The van der Waals surface area contributed by atoms with E-state index in [-0.39, 0.29) is 5.97 Å². The quantitative estimate of drug-likeness (QED) is 0.575. The third kappa shape index (κ3) is 5.13. The van der Waals surface area contributed by atoms with Gasteiger partial charge in [-0.2, -0.15) is 0 Å². The fraction of sp³-hybridized carbons (Fsp3) is 0.278. The molecule has 0 aliphatic heterocycles. The van der Waals surface area contributed by atoms with Crippen LogP contribution in [0.15, 0.2) is 54.6 Å². The predicted molar refractivity (Wildman–Crippen MR) is 90.4 cm³/mol. The molecule has 0 saturated carbocycles. The molecular weight excluding hydrogens is 276 g/mol. The average Bonchev–Trinajstić information content (AvgIpc) is 2.56. The molecule has 0 radical (unpaired) electrons. The zero-order valence-corrected chi connectivity index (χ0v) is 12.8. The van der Waals surface area contributed by atoms with Crippen molar-refractivity contribution in [3.63, 3.8) is 0 Å². The zero-order valence-electron chi connectivity index (χ0n) is 12.8. The molecule has 0 spiro atoms. The lowest BCUT2D eigenvalue weighted by molar-refractivity contribution is 0.0526. The first-order chi connectivity index (χ1) is 10.8. The third-order valence-electron chi connectivity index (χ3n) is 3.16. The molecule has 2 rings (SSSR count). The average molecular weight is 298 g/mol. The molecular formula is C18H22N2O2. The Morgan fingerprint density at radius 3 is 2.36 bits per heavy atom. The summed E-state index contributed by atoms with van der Waals surface area (Å²) in [7, 11) is 0. The maximum atomic E-state index is 11.7.